The van der Waals surface area contributed by atoms with Crippen molar-refractivity contribution in [2.45, 2.75) is 12.2 Å². The smallest absolute Gasteiger partial charge is 0.240 e. The summed E-state index contributed by atoms with van der Waals surface area (Å²) in [6.07, 6.45) is 1.68. The summed E-state index contributed by atoms with van der Waals surface area (Å²) < 4.78 is 44.2. The summed E-state index contributed by atoms with van der Waals surface area (Å²) in [5, 5.41) is 3.04. The van der Waals surface area contributed by atoms with Crippen LogP contribution in [0.2, 0.25) is 5.02 Å². The first kappa shape index (κ1) is 24.3. The monoisotopic (exact) mass is 474 g/mol. The van der Waals surface area contributed by atoms with Gasteiger partial charge in [-0.15, -0.1) is 0 Å². The fraction of sp³-hybridized carbons (Fsp3) is 0.350. The summed E-state index contributed by atoms with van der Waals surface area (Å²) in [6, 6.07) is 11.2. The lowest BCUT2D eigenvalue weighted by Crippen LogP contribution is -2.40. The molecule has 6 nitrogen and oxygen atoms in total. The van der Waals surface area contributed by atoms with Crippen molar-refractivity contribution >= 4 is 45.0 Å². The SMILES string of the molecule is COc1ccc(Cl)cc1N(CC(=O)NCCCSCc1ccccc1F)S(C)(=O)=O. The van der Waals surface area contributed by atoms with E-state index in [-0.39, 0.29) is 11.5 Å². The molecule has 10 heteroatoms. The molecule has 0 fully saturated rings. The molecule has 0 spiro atoms. The summed E-state index contributed by atoms with van der Waals surface area (Å²) in [7, 11) is -2.33. The zero-order valence-corrected chi connectivity index (χ0v) is 19.1. The minimum atomic E-state index is -3.74. The molecule has 0 aliphatic heterocycles. The summed E-state index contributed by atoms with van der Waals surface area (Å²) in [5.41, 5.74) is 0.842. The maximum atomic E-state index is 13.6. The Morgan fingerprint density at radius 3 is 2.67 bits per heavy atom. The topological polar surface area (TPSA) is 75.7 Å². The summed E-state index contributed by atoms with van der Waals surface area (Å²) in [4.78, 5) is 12.3. The van der Waals surface area contributed by atoms with E-state index in [1.54, 1.807) is 42.1 Å². The number of carbonyl (C=O) groups excluding carboxylic acids is 1. The molecule has 0 aliphatic rings. The molecule has 0 saturated heterocycles. The molecule has 2 aromatic carbocycles. The molecule has 0 aromatic heterocycles. The number of thioether (sulfide) groups is 1. The fourth-order valence-corrected chi connectivity index (χ4v) is 4.59. The average Bonchev–Trinajstić information content (AvgIpc) is 2.69. The second-order valence-corrected chi connectivity index (χ2v) is 9.88. The third-order valence-electron chi connectivity index (χ3n) is 4.10. The highest BCUT2D eigenvalue weighted by atomic mass is 35.5. The van der Waals surface area contributed by atoms with Crippen LogP contribution in [0.15, 0.2) is 42.5 Å². The van der Waals surface area contributed by atoms with Crippen LogP contribution in [0, 0.1) is 5.82 Å². The van der Waals surface area contributed by atoms with Crippen LogP contribution < -0.4 is 14.4 Å². The van der Waals surface area contributed by atoms with Crippen molar-refractivity contribution in [3.63, 3.8) is 0 Å². The Kier molecular flexibility index (Phi) is 9.26. The normalized spacial score (nSPS) is 11.2. The van der Waals surface area contributed by atoms with E-state index in [0.717, 1.165) is 16.3 Å². The fourth-order valence-electron chi connectivity index (χ4n) is 2.63. The van der Waals surface area contributed by atoms with Gasteiger partial charge in [-0.25, -0.2) is 12.8 Å². The van der Waals surface area contributed by atoms with Crippen molar-refractivity contribution in [3.05, 3.63) is 58.9 Å². The van der Waals surface area contributed by atoms with Crippen molar-refractivity contribution in [1.82, 2.24) is 5.32 Å². The quantitative estimate of drug-likeness (QED) is 0.503. The number of sulfonamides is 1. The van der Waals surface area contributed by atoms with Crippen molar-refractivity contribution in [1.29, 1.82) is 0 Å². The van der Waals surface area contributed by atoms with Gasteiger partial charge in [0.15, 0.2) is 0 Å². The van der Waals surface area contributed by atoms with Gasteiger partial charge in [0.25, 0.3) is 0 Å². The summed E-state index contributed by atoms with van der Waals surface area (Å²) in [5.74, 6) is 0.906. The highest BCUT2D eigenvalue weighted by Crippen LogP contribution is 2.32. The maximum absolute atomic E-state index is 13.6. The predicted octanol–water partition coefficient (Wildman–Crippen LogP) is 3.69. The van der Waals surface area contributed by atoms with E-state index < -0.39 is 22.5 Å². The number of carbonyl (C=O) groups is 1. The number of nitrogens with zero attached hydrogens (tertiary/aromatic N) is 1. The second-order valence-electron chi connectivity index (χ2n) is 6.43. The lowest BCUT2D eigenvalue weighted by atomic mass is 10.2. The van der Waals surface area contributed by atoms with Gasteiger partial charge in [-0.1, -0.05) is 29.8 Å². The Bertz CT molecular complexity index is 973. The highest BCUT2D eigenvalue weighted by Gasteiger charge is 2.24. The molecule has 164 valence electrons. The van der Waals surface area contributed by atoms with Crippen LogP contribution in [-0.2, 0) is 20.6 Å². The number of methoxy groups -OCH3 is 1. The van der Waals surface area contributed by atoms with E-state index >= 15 is 0 Å². The molecule has 2 rings (SSSR count). The Labute approximate surface area is 185 Å². The Balaban J connectivity index is 1.85. The van der Waals surface area contributed by atoms with E-state index in [4.69, 9.17) is 16.3 Å². The molecule has 2 aromatic rings. The van der Waals surface area contributed by atoms with Crippen molar-refractivity contribution in [2.24, 2.45) is 0 Å². The van der Waals surface area contributed by atoms with Crippen LogP contribution in [0.3, 0.4) is 0 Å². The number of anilines is 1. The third-order valence-corrected chi connectivity index (χ3v) is 6.55. The molecule has 0 radical (unpaired) electrons. The molecular formula is C20H24ClFN2O4S2. The largest absolute Gasteiger partial charge is 0.495 e. The van der Waals surface area contributed by atoms with Crippen molar-refractivity contribution < 1.29 is 22.3 Å². The highest BCUT2D eigenvalue weighted by molar-refractivity contribution is 7.98. The molecular weight excluding hydrogens is 451 g/mol. The van der Waals surface area contributed by atoms with Crippen LogP contribution in [-0.4, -0.2) is 46.5 Å². The van der Waals surface area contributed by atoms with Gasteiger partial charge in [-0.05, 0) is 42.0 Å². The first-order valence-electron chi connectivity index (χ1n) is 9.11. The molecule has 0 aliphatic carbocycles. The summed E-state index contributed by atoms with van der Waals surface area (Å²) in [6.45, 7) is -0.00864. The van der Waals surface area contributed by atoms with Gasteiger partial charge in [-0.3, -0.25) is 9.10 Å². The van der Waals surface area contributed by atoms with E-state index in [1.165, 1.54) is 19.2 Å². The van der Waals surface area contributed by atoms with Crippen molar-refractivity contribution in [2.75, 3.05) is 36.5 Å². The van der Waals surface area contributed by atoms with Crippen LogP contribution in [0.1, 0.15) is 12.0 Å². The van der Waals surface area contributed by atoms with Crippen LogP contribution in [0.4, 0.5) is 10.1 Å². The van der Waals surface area contributed by atoms with E-state index in [9.17, 15) is 17.6 Å². The standard InChI is InChI=1S/C20H24ClFN2O4S2/c1-28-19-9-8-16(21)12-18(19)24(30(2,26)27)13-20(25)23-10-5-11-29-14-15-6-3-4-7-17(15)22/h3-4,6-9,12H,5,10-11,13-14H2,1-2H3,(H,23,25). The zero-order chi connectivity index (χ0) is 22.1. The van der Waals surface area contributed by atoms with E-state index in [0.29, 0.717) is 35.1 Å². The molecule has 0 heterocycles. The summed E-state index contributed by atoms with van der Waals surface area (Å²) >= 11 is 7.55. The van der Waals surface area contributed by atoms with Crippen LogP contribution in [0.25, 0.3) is 0 Å². The maximum Gasteiger partial charge on any atom is 0.240 e. The number of hydrogen-bond donors (Lipinski definition) is 1. The number of amides is 1. The van der Waals surface area contributed by atoms with Gasteiger partial charge < -0.3 is 10.1 Å². The van der Waals surface area contributed by atoms with Gasteiger partial charge in [0.1, 0.15) is 18.1 Å². The van der Waals surface area contributed by atoms with E-state index in [1.807, 2.05) is 0 Å². The number of hydrogen-bond acceptors (Lipinski definition) is 5. The van der Waals surface area contributed by atoms with Crippen LogP contribution >= 0.6 is 23.4 Å². The first-order valence-corrected chi connectivity index (χ1v) is 12.5. The van der Waals surface area contributed by atoms with Gasteiger partial charge in [0, 0.05) is 17.3 Å². The van der Waals surface area contributed by atoms with Gasteiger partial charge >= 0.3 is 0 Å². The molecule has 1 N–H and O–H groups in total. The lowest BCUT2D eigenvalue weighted by Gasteiger charge is -2.24. The Morgan fingerprint density at radius 2 is 2.00 bits per heavy atom. The van der Waals surface area contributed by atoms with Gasteiger partial charge in [0.05, 0.1) is 19.1 Å². The predicted molar refractivity (Wildman–Crippen MR) is 120 cm³/mol. The lowest BCUT2D eigenvalue weighted by molar-refractivity contribution is -0.119. The molecule has 0 atom stereocenters. The van der Waals surface area contributed by atoms with Gasteiger partial charge in [-0.2, -0.15) is 11.8 Å². The number of benzene rings is 2. The first-order chi connectivity index (χ1) is 14.2. The number of ether oxygens (including phenoxy) is 1. The average molecular weight is 475 g/mol. The number of nitrogens with one attached hydrogen (secondary N) is 1. The van der Waals surface area contributed by atoms with E-state index in [2.05, 4.69) is 5.32 Å². The second kappa shape index (κ2) is 11.4. The Hall–Kier alpha value is -1.97. The molecule has 30 heavy (non-hydrogen) atoms. The Morgan fingerprint density at radius 1 is 1.27 bits per heavy atom. The zero-order valence-electron chi connectivity index (χ0n) is 16.7. The minimum absolute atomic E-state index is 0.197. The number of rotatable bonds is 11. The third kappa shape index (κ3) is 7.37. The number of halogens is 2. The van der Waals surface area contributed by atoms with Gasteiger partial charge in [0.2, 0.25) is 15.9 Å². The van der Waals surface area contributed by atoms with Crippen molar-refractivity contribution in [3.8, 4) is 5.75 Å². The molecule has 0 bridgehead atoms. The van der Waals surface area contributed by atoms with Crippen LogP contribution in [0.5, 0.6) is 5.75 Å². The molecule has 0 unspecified atom stereocenters. The molecule has 1 amide bonds. The molecule has 0 saturated carbocycles. The minimum Gasteiger partial charge on any atom is -0.495 e.